The third-order valence-corrected chi connectivity index (χ3v) is 4.48. The predicted molar refractivity (Wildman–Crippen MR) is 70.2 cm³/mol. The average Bonchev–Trinajstić information content (AvgIpc) is 3.06. The van der Waals surface area contributed by atoms with Crippen molar-refractivity contribution >= 4 is 11.7 Å². The van der Waals surface area contributed by atoms with Crippen molar-refractivity contribution in [2.45, 2.75) is 44.1 Å². The Morgan fingerprint density at radius 3 is 2.78 bits per heavy atom. The Morgan fingerprint density at radius 2 is 2.11 bits per heavy atom. The SMILES string of the molecule is C=CCCOc1nsnc1OC12CCC(CC1)C2. The lowest BCUT2D eigenvalue weighted by molar-refractivity contribution is 0.0707. The maximum atomic E-state index is 6.14. The lowest BCUT2D eigenvalue weighted by Crippen LogP contribution is -2.30. The van der Waals surface area contributed by atoms with Gasteiger partial charge < -0.3 is 9.47 Å². The summed E-state index contributed by atoms with van der Waals surface area (Å²) in [5, 5.41) is 0. The van der Waals surface area contributed by atoms with Gasteiger partial charge in [0.25, 0.3) is 11.8 Å². The molecule has 2 saturated carbocycles. The fraction of sp³-hybridized carbons (Fsp3) is 0.692. The van der Waals surface area contributed by atoms with Gasteiger partial charge in [0.1, 0.15) is 5.60 Å². The zero-order valence-electron chi connectivity index (χ0n) is 10.4. The highest BCUT2D eigenvalue weighted by Gasteiger charge is 2.47. The van der Waals surface area contributed by atoms with Crippen LogP contribution in [-0.4, -0.2) is 21.0 Å². The lowest BCUT2D eigenvalue weighted by Gasteiger charge is -2.26. The van der Waals surface area contributed by atoms with Crippen LogP contribution in [0.4, 0.5) is 0 Å². The summed E-state index contributed by atoms with van der Waals surface area (Å²) >= 11 is 1.15. The van der Waals surface area contributed by atoms with Crippen molar-refractivity contribution in [2.24, 2.45) is 5.92 Å². The second kappa shape index (κ2) is 4.88. The molecule has 0 unspecified atom stereocenters. The summed E-state index contributed by atoms with van der Waals surface area (Å²) in [6, 6.07) is 0. The molecule has 5 heteroatoms. The van der Waals surface area contributed by atoms with Crippen LogP contribution >= 0.6 is 11.7 Å². The number of hydrogen-bond acceptors (Lipinski definition) is 5. The van der Waals surface area contributed by atoms with Crippen molar-refractivity contribution in [3.8, 4) is 11.8 Å². The fourth-order valence-electron chi connectivity index (χ4n) is 3.05. The summed E-state index contributed by atoms with van der Waals surface area (Å²) in [7, 11) is 0. The smallest absolute Gasteiger partial charge is 0.291 e. The van der Waals surface area contributed by atoms with Crippen LogP contribution in [0.5, 0.6) is 11.8 Å². The van der Waals surface area contributed by atoms with Gasteiger partial charge in [0.05, 0.1) is 18.3 Å². The minimum atomic E-state index is 0.0248. The summed E-state index contributed by atoms with van der Waals surface area (Å²) in [4.78, 5) is 0. The quantitative estimate of drug-likeness (QED) is 0.586. The lowest BCUT2D eigenvalue weighted by atomic mass is 9.97. The van der Waals surface area contributed by atoms with Gasteiger partial charge in [-0.25, -0.2) is 0 Å². The first kappa shape index (κ1) is 12.0. The molecular weight excluding hydrogens is 248 g/mol. The maximum absolute atomic E-state index is 6.14. The van der Waals surface area contributed by atoms with Crippen LogP contribution in [-0.2, 0) is 0 Å². The third-order valence-electron chi connectivity index (χ3n) is 3.98. The Morgan fingerprint density at radius 1 is 1.33 bits per heavy atom. The summed E-state index contributed by atoms with van der Waals surface area (Å²) in [5.74, 6) is 2.00. The second-order valence-electron chi connectivity index (χ2n) is 5.23. The normalized spacial score (nSPS) is 29.4. The van der Waals surface area contributed by atoms with Crippen LogP contribution in [0.1, 0.15) is 38.5 Å². The van der Waals surface area contributed by atoms with Crippen molar-refractivity contribution < 1.29 is 9.47 Å². The first-order valence-electron chi connectivity index (χ1n) is 6.57. The fourth-order valence-corrected chi connectivity index (χ4v) is 3.48. The van der Waals surface area contributed by atoms with E-state index in [-0.39, 0.29) is 5.60 Å². The highest BCUT2D eigenvalue weighted by atomic mass is 32.1. The molecule has 2 aliphatic carbocycles. The van der Waals surface area contributed by atoms with E-state index in [2.05, 4.69) is 15.3 Å². The molecule has 1 aromatic rings. The topological polar surface area (TPSA) is 44.2 Å². The molecule has 0 radical (unpaired) electrons. The Labute approximate surface area is 111 Å². The van der Waals surface area contributed by atoms with Gasteiger partial charge in [-0.15, -0.1) is 15.3 Å². The Kier molecular flexibility index (Phi) is 3.24. The minimum absolute atomic E-state index is 0.0248. The Balaban J connectivity index is 1.65. The first-order chi connectivity index (χ1) is 8.81. The summed E-state index contributed by atoms with van der Waals surface area (Å²) in [5.41, 5.74) is 0.0248. The minimum Gasteiger partial charge on any atom is -0.473 e. The van der Waals surface area contributed by atoms with Crippen molar-refractivity contribution in [1.82, 2.24) is 8.75 Å². The van der Waals surface area contributed by atoms with Gasteiger partial charge >= 0.3 is 0 Å². The zero-order chi connectivity index (χ0) is 12.4. The summed E-state index contributed by atoms with van der Waals surface area (Å²) in [6.07, 6.45) is 8.72. The molecule has 1 heterocycles. The van der Waals surface area contributed by atoms with E-state index in [9.17, 15) is 0 Å². The van der Waals surface area contributed by atoms with Crippen molar-refractivity contribution in [3.63, 3.8) is 0 Å². The van der Waals surface area contributed by atoms with Gasteiger partial charge in [0, 0.05) is 0 Å². The largest absolute Gasteiger partial charge is 0.473 e. The van der Waals surface area contributed by atoms with Gasteiger partial charge in [-0.2, -0.15) is 0 Å². The molecule has 0 N–H and O–H groups in total. The number of fused-ring (bicyclic) bond motifs is 2. The van der Waals surface area contributed by atoms with E-state index in [0.29, 0.717) is 18.4 Å². The van der Waals surface area contributed by atoms with Crippen molar-refractivity contribution in [1.29, 1.82) is 0 Å². The van der Waals surface area contributed by atoms with Crippen LogP contribution in [0, 0.1) is 5.92 Å². The third kappa shape index (κ3) is 2.23. The molecule has 0 aliphatic heterocycles. The summed E-state index contributed by atoms with van der Waals surface area (Å²) < 4.78 is 20.1. The van der Waals surface area contributed by atoms with Crippen molar-refractivity contribution in [3.05, 3.63) is 12.7 Å². The molecular formula is C13H18N2O2S. The number of nitrogens with zero attached hydrogens (tertiary/aromatic N) is 2. The predicted octanol–water partition coefficient (Wildman–Crippen LogP) is 3.20. The first-order valence-corrected chi connectivity index (χ1v) is 7.30. The number of hydrogen-bond donors (Lipinski definition) is 0. The molecule has 0 spiro atoms. The maximum Gasteiger partial charge on any atom is 0.291 e. The van der Waals surface area contributed by atoms with Crippen LogP contribution in [0.2, 0.25) is 0 Å². The monoisotopic (exact) mass is 266 g/mol. The molecule has 2 aliphatic rings. The van der Waals surface area contributed by atoms with Crippen LogP contribution in [0.15, 0.2) is 12.7 Å². The highest BCUT2D eigenvalue weighted by molar-refractivity contribution is 6.99. The average molecular weight is 266 g/mol. The van der Waals surface area contributed by atoms with Crippen molar-refractivity contribution in [2.75, 3.05) is 6.61 Å². The van der Waals surface area contributed by atoms with Gasteiger partial charge in [0.2, 0.25) is 0 Å². The van der Waals surface area contributed by atoms with E-state index >= 15 is 0 Å². The molecule has 0 atom stereocenters. The molecule has 4 nitrogen and oxygen atoms in total. The molecule has 1 aromatic heterocycles. The summed E-state index contributed by atoms with van der Waals surface area (Å²) in [6.45, 7) is 4.25. The molecule has 0 aromatic carbocycles. The molecule has 0 amide bonds. The molecule has 0 saturated heterocycles. The second-order valence-corrected chi connectivity index (χ2v) is 5.76. The van der Waals surface area contributed by atoms with Gasteiger partial charge in [-0.05, 0) is 44.4 Å². The Bertz CT molecular complexity index is 424. The molecule has 18 heavy (non-hydrogen) atoms. The van der Waals surface area contributed by atoms with E-state index in [1.807, 2.05) is 6.08 Å². The molecule has 2 fully saturated rings. The molecule has 3 rings (SSSR count). The van der Waals surface area contributed by atoms with E-state index < -0.39 is 0 Å². The van der Waals surface area contributed by atoms with E-state index in [0.717, 1.165) is 36.9 Å². The van der Waals surface area contributed by atoms with Gasteiger partial charge in [0.15, 0.2) is 0 Å². The van der Waals surface area contributed by atoms with Gasteiger partial charge in [-0.1, -0.05) is 6.08 Å². The highest BCUT2D eigenvalue weighted by Crippen LogP contribution is 2.50. The number of rotatable bonds is 6. The number of ether oxygens (including phenoxy) is 2. The van der Waals surface area contributed by atoms with E-state index in [4.69, 9.17) is 9.47 Å². The van der Waals surface area contributed by atoms with Crippen LogP contribution in [0.3, 0.4) is 0 Å². The van der Waals surface area contributed by atoms with E-state index in [1.54, 1.807) is 0 Å². The molecule has 98 valence electrons. The van der Waals surface area contributed by atoms with Crippen LogP contribution < -0.4 is 9.47 Å². The van der Waals surface area contributed by atoms with E-state index in [1.165, 1.54) is 19.3 Å². The number of aromatic nitrogens is 2. The van der Waals surface area contributed by atoms with Gasteiger partial charge in [-0.3, -0.25) is 0 Å². The van der Waals surface area contributed by atoms with Crippen LogP contribution in [0.25, 0.3) is 0 Å². The standard InChI is InChI=1S/C13H18N2O2S/c1-2-3-8-16-11-12(15-18-14-11)17-13-6-4-10(9-13)5-7-13/h2,10H,1,3-9H2. The Hall–Kier alpha value is -1.10. The molecule has 2 bridgehead atoms. The zero-order valence-corrected chi connectivity index (χ0v) is 11.2.